The average molecular weight is 592 g/mol. The minimum Gasteiger partial charge on any atom is -0.497 e. The SMILES string of the molecule is CCCOC1=C2C=C=C[C]1Cc1cccc(c1OCCC)Cc1cccc(c1OCCC)Cc1cccc(c1OCCC)C2. The Morgan fingerprint density at radius 1 is 0.477 bits per heavy atom. The smallest absolute Gasteiger partial charge is 0.126 e. The Balaban J connectivity index is 1.72. The summed E-state index contributed by atoms with van der Waals surface area (Å²) in [7, 11) is 0. The highest BCUT2D eigenvalue weighted by Gasteiger charge is 2.26. The number of benzene rings is 3. The molecule has 0 saturated heterocycles. The first-order valence-electron chi connectivity index (χ1n) is 16.5. The van der Waals surface area contributed by atoms with Crippen LogP contribution in [0.5, 0.6) is 17.2 Å². The number of fused-ring (bicyclic) bond motifs is 7. The van der Waals surface area contributed by atoms with Crippen molar-refractivity contribution in [3.63, 3.8) is 0 Å². The Morgan fingerprint density at radius 2 is 0.864 bits per heavy atom. The lowest BCUT2D eigenvalue weighted by Crippen LogP contribution is -2.14. The fourth-order valence-corrected chi connectivity index (χ4v) is 5.97. The number of rotatable bonds is 12. The molecule has 2 aliphatic rings. The van der Waals surface area contributed by atoms with E-state index in [1.807, 2.05) is 0 Å². The molecule has 4 nitrogen and oxygen atoms in total. The molecule has 0 aliphatic heterocycles. The zero-order valence-corrected chi connectivity index (χ0v) is 27.0. The molecule has 0 fully saturated rings. The van der Waals surface area contributed by atoms with Gasteiger partial charge in [-0.3, -0.25) is 0 Å². The van der Waals surface area contributed by atoms with Crippen molar-refractivity contribution in [1.82, 2.24) is 0 Å². The summed E-state index contributed by atoms with van der Waals surface area (Å²) >= 11 is 0. The van der Waals surface area contributed by atoms with Crippen LogP contribution >= 0.6 is 0 Å². The van der Waals surface area contributed by atoms with Gasteiger partial charge in [0.2, 0.25) is 0 Å². The van der Waals surface area contributed by atoms with Crippen LogP contribution in [0.2, 0.25) is 0 Å². The van der Waals surface area contributed by atoms with Crippen LogP contribution in [0.15, 0.2) is 83.8 Å². The molecule has 0 N–H and O–H groups in total. The summed E-state index contributed by atoms with van der Waals surface area (Å²) in [5.74, 6) is 5.01. The van der Waals surface area contributed by atoms with Crippen molar-refractivity contribution in [2.45, 2.75) is 79.1 Å². The topological polar surface area (TPSA) is 36.9 Å². The van der Waals surface area contributed by atoms with Crippen LogP contribution in [0.3, 0.4) is 0 Å². The van der Waals surface area contributed by atoms with Crippen molar-refractivity contribution >= 4 is 0 Å². The molecule has 2 aliphatic carbocycles. The van der Waals surface area contributed by atoms with E-state index in [1.54, 1.807) is 0 Å². The van der Waals surface area contributed by atoms with E-state index in [0.717, 1.165) is 84.2 Å². The highest BCUT2D eigenvalue weighted by Crippen LogP contribution is 2.39. The van der Waals surface area contributed by atoms with E-state index in [-0.39, 0.29) is 0 Å². The van der Waals surface area contributed by atoms with Gasteiger partial charge in [-0.2, -0.15) is 0 Å². The minimum absolute atomic E-state index is 0.664. The van der Waals surface area contributed by atoms with Gasteiger partial charge >= 0.3 is 0 Å². The molecule has 0 atom stereocenters. The molecular formula is C40H47O4. The highest BCUT2D eigenvalue weighted by atomic mass is 16.5. The van der Waals surface area contributed by atoms with Gasteiger partial charge in [-0.15, -0.1) is 5.73 Å². The Kier molecular flexibility index (Phi) is 11.3. The Morgan fingerprint density at radius 3 is 1.30 bits per heavy atom. The second-order valence-corrected chi connectivity index (χ2v) is 11.7. The number of hydrogen-bond acceptors (Lipinski definition) is 4. The lowest BCUT2D eigenvalue weighted by molar-refractivity contribution is 0.209. The molecule has 3 aromatic carbocycles. The van der Waals surface area contributed by atoms with Crippen LogP contribution in [0.25, 0.3) is 0 Å². The van der Waals surface area contributed by atoms with Crippen LogP contribution in [0.1, 0.15) is 86.8 Å². The van der Waals surface area contributed by atoms with Gasteiger partial charge in [-0.25, -0.2) is 0 Å². The summed E-state index contributed by atoms with van der Waals surface area (Å²) in [5.41, 5.74) is 11.6. The molecular weight excluding hydrogens is 544 g/mol. The molecule has 0 saturated carbocycles. The Bertz CT molecular complexity index is 1510. The first-order valence-corrected chi connectivity index (χ1v) is 16.5. The van der Waals surface area contributed by atoms with Crippen molar-refractivity contribution in [3.05, 3.63) is 123 Å². The maximum absolute atomic E-state index is 6.53. The van der Waals surface area contributed by atoms with Crippen molar-refractivity contribution < 1.29 is 18.9 Å². The monoisotopic (exact) mass is 591 g/mol. The van der Waals surface area contributed by atoms with Gasteiger partial charge < -0.3 is 18.9 Å². The number of hydrogen-bond donors (Lipinski definition) is 0. The van der Waals surface area contributed by atoms with Crippen LogP contribution in [-0.4, -0.2) is 26.4 Å². The zero-order valence-electron chi connectivity index (χ0n) is 27.0. The molecule has 0 unspecified atom stereocenters. The van der Waals surface area contributed by atoms with Gasteiger partial charge in [0.1, 0.15) is 23.0 Å². The predicted octanol–water partition coefficient (Wildman–Crippen LogP) is 9.31. The van der Waals surface area contributed by atoms with Gasteiger partial charge in [0, 0.05) is 24.8 Å². The van der Waals surface area contributed by atoms with Crippen LogP contribution < -0.4 is 14.2 Å². The maximum atomic E-state index is 6.53. The number of para-hydroxylation sites is 3. The third-order valence-corrected chi connectivity index (χ3v) is 7.96. The molecule has 8 bridgehead atoms. The molecule has 0 spiro atoms. The Hall–Kier alpha value is -3.88. The van der Waals surface area contributed by atoms with E-state index in [1.165, 1.54) is 22.3 Å². The van der Waals surface area contributed by atoms with Gasteiger partial charge in [-0.1, -0.05) is 82.3 Å². The maximum Gasteiger partial charge on any atom is 0.126 e. The summed E-state index contributed by atoms with van der Waals surface area (Å²) in [4.78, 5) is 0. The summed E-state index contributed by atoms with van der Waals surface area (Å²) in [6, 6.07) is 19.7. The van der Waals surface area contributed by atoms with Gasteiger partial charge in [0.25, 0.3) is 0 Å². The standard InChI is InChI=1S/C40H47O4/c1-5-21-41-37-29-13-9-14-30(37)26-32-16-11-18-34(39(32)43-23-7-3)28-36-20-12-19-35(40(36)44-24-8-4)27-33-17-10-15-31(25-29)38(33)42-22-6-2/h9-11,13-20H,5-8,21-28H2,1-4H3. The third kappa shape index (κ3) is 7.42. The normalized spacial score (nSPS) is 14.5. The second kappa shape index (κ2) is 15.7. The van der Waals surface area contributed by atoms with E-state index in [2.05, 4.69) is 100 Å². The van der Waals surface area contributed by atoms with Crippen LogP contribution in [0, 0.1) is 5.92 Å². The molecule has 44 heavy (non-hydrogen) atoms. The summed E-state index contributed by atoms with van der Waals surface area (Å²) in [6.45, 7) is 11.3. The molecule has 1 radical (unpaired) electrons. The summed E-state index contributed by atoms with van der Waals surface area (Å²) in [6.07, 6.45) is 10.8. The average Bonchev–Trinajstić information content (AvgIpc) is 3.03. The lowest BCUT2D eigenvalue weighted by Gasteiger charge is -2.25. The van der Waals surface area contributed by atoms with E-state index < -0.39 is 0 Å². The second-order valence-electron chi connectivity index (χ2n) is 11.7. The third-order valence-electron chi connectivity index (χ3n) is 7.96. The highest BCUT2D eigenvalue weighted by molar-refractivity contribution is 5.55. The first-order chi connectivity index (χ1) is 21.7. The molecule has 0 aromatic heterocycles. The minimum atomic E-state index is 0.664. The number of ether oxygens (including phenoxy) is 4. The fraction of sp³-hybridized carbons (Fsp3) is 0.400. The molecule has 5 rings (SSSR count). The molecule has 3 aromatic rings. The van der Waals surface area contributed by atoms with Gasteiger partial charge in [0.05, 0.1) is 32.3 Å². The number of allylic oxidation sites excluding steroid dienone is 2. The van der Waals surface area contributed by atoms with Gasteiger partial charge in [0.15, 0.2) is 0 Å². The first kappa shape index (κ1) is 31.5. The van der Waals surface area contributed by atoms with Crippen molar-refractivity contribution in [2.24, 2.45) is 0 Å². The largest absolute Gasteiger partial charge is 0.497 e. The molecule has 231 valence electrons. The van der Waals surface area contributed by atoms with Crippen molar-refractivity contribution in [2.75, 3.05) is 26.4 Å². The predicted molar refractivity (Wildman–Crippen MR) is 179 cm³/mol. The van der Waals surface area contributed by atoms with Crippen LogP contribution in [0.4, 0.5) is 0 Å². The van der Waals surface area contributed by atoms with E-state index in [9.17, 15) is 0 Å². The molecule has 0 amide bonds. The molecule has 4 heteroatoms. The van der Waals surface area contributed by atoms with E-state index in [0.29, 0.717) is 39.3 Å². The van der Waals surface area contributed by atoms with Crippen molar-refractivity contribution in [1.29, 1.82) is 0 Å². The molecule has 0 heterocycles. The zero-order chi connectivity index (χ0) is 30.7. The van der Waals surface area contributed by atoms with Crippen LogP contribution in [-0.2, 0) is 30.4 Å². The van der Waals surface area contributed by atoms with Gasteiger partial charge in [-0.05, 0) is 77.6 Å². The summed E-state index contributed by atoms with van der Waals surface area (Å²) in [5, 5.41) is 0. The van der Waals surface area contributed by atoms with E-state index in [4.69, 9.17) is 18.9 Å². The fourth-order valence-electron chi connectivity index (χ4n) is 5.97. The van der Waals surface area contributed by atoms with Crippen molar-refractivity contribution in [3.8, 4) is 17.2 Å². The lowest BCUT2D eigenvalue weighted by atomic mass is 9.87. The summed E-state index contributed by atoms with van der Waals surface area (Å²) < 4.78 is 26.1. The Labute approximate surface area is 264 Å². The quantitative estimate of drug-likeness (QED) is 0.197. The van der Waals surface area contributed by atoms with E-state index >= 15 is 0 Å².